The van der Waals surface area contributed by atoms with Gasteiger partial charge in [0.2, 0.25) is 0 Å². The fourth-order valence-electron chi connectivity index (χ4n) is 3.06. The maximum atomic E-state index is 12.0. The summed E-state index contributed by atoms with van der Waals surface area (Å²) in [6.45, 7) is 4.17. The molecule has 0 N–H and O–H groups in total. The van der Waals surface area contributed by atoms with Gasteiger partial charge in [-0.3, -0.25) is 14.8 Å². The number of carbonyl (C=O) groups excluding carboxylic acids is 1. The molecule has 1 heterocycles. The second-order valence-electron chi connectivity index (χ2n) is 5.65. The minimum Gasteiger partial charge on any atom is -0.299 e. The molecule has 0 unspecified atom stereocenters. The first kappa shape index (κ1) is 14.2. The first-order valence-electron chi connectivity index (χ1n) is 7.52. The highest BCUT2D eigenvalue weighted by molar-refractivity contribution is 5.81. The molecular formula is C16H24N2O. The first-order chi connectivity index (χ1) is 9.22. The monoisotopic (exact) mass is 260 g/mol. The van der Waals surface area contributed by atoms with Gasteiger partial charge in [-0.1, -0.05) is 13.3 Å². The van der Waals surface area contributed by atoms with Gasteiger partial charge < -0.3 is 0 Å². The van der Waals surface area contributed by atoms with E-state index in [4.69, 9.17) is 0 Å². The van der Waals surface area contributed by atoms with Crippen molar-refractivity contribution < 1.29 is 4.79 Å². The second kappa shape index (κ2) is 6.78. The van der Waals surface area contributed by atoms with E-state index in [1.54, 1.807) is 12.4 Å². The molecule has 1 aromatic heterocycles. The third kappa shape index (κ3) is 3.62. The van der Waals surface area contributed by atoms with Crippen molar-refractivity contribution in [1.82, 2.24) is 9.97 Å². The summed E-state index contributed by atoms with van der Waals surface area (Å²) in [5, 5.41) is 0. The summed E-state index contributed by atoms with van der Waals surface area (Å²) >= 11 is 0. The minimum atomic E-state index is 0.305. The predicted molar refractivity (Wildman–Crippen MR) is 76.0 cm³/mol. The fourth-order valence-corrected chi connectivity index (χ4v) is 3.06. The van der Waals surface area contributed by atoms with Crippen LogP contribution >= 0.6 is 0 Å². The highest BCUT2D eigenvalue weighted by Crippen LogP contribution is 2.36. The zero-order chi connectivity index (χ0) is 13.7. The van der Waals surface area contributed by atoms with Crippen molar-refractivity contribution in [3.05, 3.63) is 23.8 Å². The minimum absolute atomic E-state index is 0.305. The van der Waals surface area contributed by atoms with Gasteiger partial charge >= 0.3 is 0 Å². The maximum absolute atomic E-state index is 12.0. The van der Waals surface area contributed by atoms with Crippen molar-refractivity contribution in [1.29, 1.82) is 0 Å². The third-order valence-corrected chi connectivity index (χ3v) is 4.27. The lowest BCUT2D eigenvalue weighted by Gasteiger charge is -2.27. The maximum Gasteiger partial charge on any atom is 0.135 e. The summed E-state index contributed by atoms with van der Waals surface area (Å²) in [5.74, 6) is 1.29. The number of rotatable bonds is 5. The van der Waals surface area contributed by atoms with Gasteiger partial charge in [-0.15, -0.1) is 0 Å². The topological polar surface area (TPSA) is 42.9 Å². The highest BCUT2D eigenvalue weighted by atomic mass is 16.1. The largest absolute Gasteiger partial charge is 0.299 e. The Bertz CT molecular complexity index is 423. The lowest BCUT2D eigenvalue weighted by atomic mass is 9.77. The van der Waals surface area contributed by atoms with E-state index < -0.39 is 0 Å². The molecule has 1 aliphatic carbocycles. The summed E-state index contributed by atoms with van der Waals surface area (Å²) in [7, 11) is 0. The van der Waals surface area contributed by atoms with Crippen LogP contribution in [0.1, 0.15) is 69.2 Å². The SMILES string of the molecule is CCCCC(=O)[C@H]1CC[C@H](c2nccnc2C)CC1. The van der Waals surface area contributed by atoms with Gasteiger partial charge in [0.1, 0.15) is 5.78 Å². The number of hydrogen-bond donors (Lipinski definition) is 0. The van der Waals surface area contributed by atoms with Crippen LogP contribution in [0.15, 0.2) is 12.4 Å². The van der Waals surface area contributed by atoms with Crippen molar-refractivity contribution in [3.63, 3.8) is 0 Å². The molecule has 19 heavy (non-hydrogen) atoms. The smallest absolute Gasteiger partial charge is 0.135 e. The summed E-state index contributed by atoms with van der Waals surface area (Å²) in [4.78, 5) is 20.8. The molecule has 0 aliphatic heterocycles. The predicted octanol–water partition coefficient (Wildman–Crippen LogP) is 3.82. The Morgan fingerprint density at radius 2 is 1.89 bits per heavy atom. The Hall–Kier alpha value is -1.25. The Morgan fingerprint density at radius 3 is 2.53 bits per heavy atom. The zero-order valence-electron chi connectivity index (χ0n) is 12.1. The fraction of sp³-hybridized carbons (Fsp3) is 0.688. The molecule has 0 atom stereocenters. The van der Waals surface area contributed by atoms with Gasteiger partial charge in [0, 0.05) is 30.7 Å². The summed E-state index contributed by atoms with van der Waals surface area (Å²) in [6.07, 6.45) is 10.7. The lowest BCUT2D eigenvalue weighted by molar-refractivity contribution is -0.124. The quantitative estimate of drug-likeness (QED) is 0.808. The normalized spacial score (nSPS) is 23.3. The van der Waals surface area contributed by atoms with Crippen LogP contribution in [0.5, 0.6) is 0 Å². The van der Waals surface area contributed by atoms with Crippen LogP contribution in [0.4, 0.5) is 0 Å². The number of ketones is 1. The number of aromatic nitrogens is 2. The highest BCUT2D eigenvalue weighted by Gasteiger charge is 2.27. The Kier molecular flexibility index (Phi) is 5.06. The first-order valence-corrected chi connectivity index (χ1v) is 7.52. The van der Waals surface area contributed by atoms with E-state index >= 15 is 0 Å². The van der Waals surface area contributed by atoms with Gasteiger partial charge in [0.05, 0.1) is 11.4 Å². The van der Waals surface area contributed by atoms with Gasteiger partial charge in [0.15, 0.2) is 0 Å². The van der Waals surface area contributed by atoms with Crippen LogP contribution < -0.4 is 0 Å². The molecule has 1 aromatic rings. The van der Waals surface area contributed by atoms with Crippen LogP contribution in [0.2, 0.25) is 0 Å². The average molecular weight is 260 g/mol. The van der Waals surface area contributed by atoms with Crippen LogP contribution in [-0.4, -0.2) is 15.8 Å². The molecule has 3 nitrogen and oxygen atoms in total. The lowest BCUT2D eigenvalue weighted by Crippen LogP contribution is -2.22. The molecule has 3 heteroatoms. The molecule has 0 radical (unpaired) electrons. The molecule has 2 rings (SSSR count). The zero-order valence-corrected chi connectivity index (χ0v) is 12.1. The van der Waals surface area contributed by atoms with Crippen molar-refractivity contribution >= 4 is 5.78 Å². The summed E-state index contributed by atoms with van der Waals surface area (Å²) in [6, 6.07) is 0. The molecule has 0 saturated heterocycles. The molecule has 104 valence electrons. The van der Waals surface area contributed by atoms with Gasteiger partial charge in [0.25, 0.3) is 0 Å². The van der Waals surface area contributed by atoms with E-state index in [0.717, 1.165) is 56.3 Å². The van der Waals surface area contributed by atoms with E-state index in [1.807, 2.05) is 6.92 Å². The Balaban J connectivity index is 1.89. The number of aryl methyl sites for hydroxylation is 1. The molecule has 1 fully saturated rings. The van der Waals surface area contributed by atoms with Crippen molar-refractivity contribution in [2.45, 2.75) is 64.7 Å². The van der Waals surface area contributed by atoms with Crippen LogP contribution in [0.25, 0.3) is 0 Å². The van der Waals surface area contributed by atoms with Gasteiger partial charge in [-0.05, 0) is 39.0 Å². The van der Waals surface area contributed by atoms with E-state index in [0.29, 0.717) is 17.6 Å². The Morgan fingerprint density at radius 1 is 1.21 bits per heavy atom. The van der Waals surface area contributed by atoms with Crippen molar-refractivity contribution in [2.24, 2.45) is 5.92 Å². The molecule has 0 amide bonds. The van der Waals surface area contributed by atoms with E-state index in [-0.39, 0.29) is 0 Å². The molecule has 1 aliphatic rings. The van der Waals surface area contributed by atoms with Crippen molar-refractivity contribution in [3.8, 4) is 0 Å². The van der Waals surface area contributed by atoms with E-state index in [9.17, 15) is 4.79 Å². The number of hydrogen-bond acceptors (Lipinski definition) is 3. The number of nitrogens with zero attached hydrogens (tertiary/aromatic N) is 2. The van der Waals surface area contributed by atoms with Gasteiger partial charge in [-0.25, -0.2) is 0 Å². The number of carbonyl (C=O) groups is 1. The van der Waals surface area contributed by atoms with Gasteiger partial charge in [-0.2, -0.15) is 0 Å². The average Bonchev–Trinajstić information content (AvgIpc) is 2.45. The van der Waals surface area contributed by atoms with Crippen LogP contribution in [0, 0.1) is 12.8 Å². The standard InChI is InChI=1S/C16H24N2O/c1-3-4-5-15(19)13-6-8-14(9-7-13)16-12(2)17-10-11-18-16/h10-11,13-14H,3-9H2,1-2H3/t13-,14-. The summed E-state index contributed by atoms with van der Waals surface area (Å²) < 4.78 is 0. The van der Waals surface area contributed by atoms with E-state index in [1.165, 1.54) is 0 Å². The molecular weight excluding hydrogens is 236 g/mol. The van der Waals surface area contributed by atoms with Crippen LogP contribution in [0.3, 0.4) is 0 Å². The third-order valence-electron chi connectivity index (χ3n) is 4.27. The van der Waals surface area contributed by atoms with Crippen LogP contribution in [-0.2, 0) is 4.79 Å². The summed E-state index contributed by atoms with van der Waals surface area (Å²) in [5.41, 5.74) is 2.19. The number of unbranched alkanes of at least 4 members (excludes halogenated alkanes) is 1. The van der Waals surface area contributed by atoms with E-state index in [2.05, 4.69) is 16.9 Å². The Labute approximate surface area is 115 Å². The number of Topliss-reactive ketones (excluding diaryl/α,β-unsaturated/α-hetero) is 1. The van der Waals surface area contributed by atoms with Crippen molar-refractivity contribution in [2.75, 3.05) is 0 Å². The molecule has 0 bridgehead atoms. The molecule has 1 saturated carbocycles. The molecule has 0 spiro atoms. The molecule has 0 aromatic carbocycles. The second-order valence-corrected chi connectivity index (χ2v) is 5.65.